The second-order valence-electron chi connectivity index (χ2n) is 4.91. The Kier molecular flexibility index (Phi) is 5.75. The minimum atomic E-state index is -0.134. The van der Waals surface area contributed by atoms with Gasteiger partial charge in [0.15, 0.2) is 0 Å². The van der Waals surface area contributed by atoms with Crippen LogP contribution in [0.25, 0.3) is 0 Å². The number of nitrogens with one attached hydrogen (secondary N) is 1. The summed E-state index contributed by atoms with van der Waals surface area (Å²) < 4.78 is 14.9. The number of benzene rings is 1. The van der Waals surface area contributed by atoms with Gasteiger partial charge < -0.3 is 5.32 Å². The van der Waals surface area contributed by atoms with Crippen molar-refractivity contribution in [2.45, 2.75) is 32.7 Å². The first kappa shape index (κ1) is 15.7. The zero-order valence-electron chi connectivity index (χ0n) is 11.7. The molecule has 0 amide bonds. The maximum absolute atomic E-state index is 13.9. The standard InChI is InChI=1S/C16H19BrFNS/c1-3-7-19-15(16-11(2)6-8-20-16)10-12-9-13(17)4-5-14(12)18/h4-6,8-9,15,19H,3,7,10H2,1-2H3. The van der Waals surface area contributed by atoms with E-state index >= 15 is 0 Å². The summed E-state index contributed by atoms with van der Waals surface area (Å²) in [5, 5.41) is 5.64. The first-order chi connectivity index (χ1) is 9.61. The summed E-state index contributed by atoms with van der Waals surface area (Å²) in [7, 11) is 0. The van der Waals surface area contributed by atoms with Crippen molar-refractivity contribution in [2.75, 3.05) is 6.54 Å². The Hall–Kier alpha value is -0.710. The van der Waals surface area contributed by atoms with Crippen molar-refractivity contribution in [3.8, 4) is 0 Å². The Morgan fingerprint density at radius 1 is 1.35 bits per heavy atom. The predicted molar refractivity (Wildman–Crippen MR) is 87.9 cm³/mol. The van der Waals surface area contributed by atoms with Gasteiger partial charge in [0.25, 0.3) is 0 Å². The number of hydrogen-bond donors (Lipinski definition) is 1. The summed E-state index contributed by atoms with van der Waals surface area (Å²) in [6.45, 7) is 5.20. The molecule has 0 bridgehead atoms. The van der Waals surface area contributed by atoms with Gasteiger partial charge >= 0.3 is 0 Å². The molecule has 0 saturated heterocycles. The minimum absolute atomic E-state index is 0.134. The zero-order chi connectivity index (χ0) is 14.5. The van der Waals surface area contributed by atoms with Gasteiger partial charge in [-0.3, -0.25) is 0 Å². The highest BCUT2D eigenvalue weighted by Crippen LogP contribution is 2.28. The molecule has 2 rings (SSSR count). The molecule has 1 heterocycles. The molecule has 1 unspecified atom stereocenters. The van der Waals surface area contributed by atoms with Crippen molar-refractivity contribution >= 4 is 27.3 Å². The number of rotatable bonds is 6. The van der Waals surface area contributed by atoms with Gasteiger partial charge in [0.05, 0.1) is 0 Å². The van der Waals surface area contributed by atoms with Crippen molar-refractivity contribution in [3.63, 3.8) is 0 Å². The molecule has 1 N–H and O–H groups in total. The van der Waals surface area contributed by atoms with E-state index < -0.39 is 0 Å². The summed E-state index contributed by atoms with van der Waals surface area (Å²) in [4.78, 5) is 1.30. The van der Waals surface area contributed by atoms with Gasteiger partial charge in [-0.1, -0.05) is 22.9 Å². The molecule has 0 aliphatic carbocycles. The van der Waals surface area contributed by atoms with Crippen molar-refractivity contribution in [1.29, 1.82) is 0 Å². The van der Waals surface area contributed by atoms with Crippen LogP contribution in [0.15, 0.2) is 34.1 Å². The molecule has 0 spiro atoms. The molecule has 0 aliphatic rings. The average molecular weight is 356 g/mol. The first-order valence-corrected chi connectivity index (χ1v) is 8.50. The summed E-state index contributed by atoms with van der Waals surface area (Å²) >= 11 is 5.16. The van der Waals surface area contributed by atoms with Crippen LogP contribution in [-0.2, 0) is 6.42 Å². The van der Waals surface area contributed by atoms with Crippen LogP contribution in [0.3, 0.4) is 0 Å². The lowest BCUT2D eigenvalue weighted by atomic mass is 10.0. The van der Waals surface area contributed by atoms with E-state index in [1.54, 1.807) is 17.4 Å². The second-order valence-corrected chi connectivity index (χ2v) is 6.78. The quantitative estimate of drug-likeness (QED) is 0.746. The third-order valence-corrected chi connectivity index (χ3v) is 4.92. The van der Waals surface area contributed by atoms with Crippen molar-refractivity contribution in [2.24, 2.45) is 0 Å². The molecular weight excluding hydrogens is 337 g/mol. The van der Waals surface area contributed by atoms with Crippen molar-refractivity contribution < 1.29 is 4.39 Å². The Balaban J connectivity index is 2.23. The molecule has 0 aliphatic heterocycles. The Labute approximate surface area is 132 Å². The van der Waals surface area contributed by atoms with Gasteiger partial charge in [-0.2, -0.15) is 0 Å². The maximum Gasteiger partial charge on any atom is 0.126 e. The average Bonchev–Trinajstić information content (AvgIpc) is 2.84. The lowest BCUT2D eigenvalue weighted by Gasteiger charge is -2.19. The highest BCUT2D eigenvalue weighted by molar-refractivity contribution is 9.10. The molecule has 2 aromatic rings. The number of hydrogen-bond acceptors (Lipinski definition) is 2. The Bertz CT molecular complexity index is 567. The zero-order valence-corrected chi connectivity index (χ0v) is 14.2. The van der Waals surface area contributed by atoms with E-state index in [9.17, 15) is 4.39 Å². The van der Waals surface area contributed by atoms with Gasteiger partial charge in [-0.15, -0.1) is 11.3 Å². The van der Waals surface area contributed by atoms with Crippen LogP contribution in [0, 0.1) is 12.7 Å². The van der Waals surface area contributed by atoms with E-state index in [-0.39, 0.29) is 11.9 Å². The van der Waals surface area contributed by atoms with Gasteiger partial charge in [-0.05, 0) is 67.1 Å². The van der Waals surface area contributed by atoms with E-state index in [4.69, 9.17) is 0 Å². The minimum Gasteiger partial charge on any atom is -0.309 e. The molecular formula is C16H19BrFNS. The fourth-order valence-corrected chi connectivity index (χ4v) is 3.65. The molecule has 20 heavy (non-hydrogen) atoms. The maximum atomic E-state index is 13.9. The van der Waals surface area contributed by atoms with Gasteiger partial charge in [0.1, 0.15) is 5.82 Å². The molecule has 4 heteroatoms. The van der Waals surface area contributed by atoms with Gasteiger partial charge in [-0.25, -0.2) is 4.39 Å². The number of halogens is 2. The molecule has 0 radical (unpaired) electrons. The number of aryl methyl sites for hydroxylation is 1. The first-order valence-electron chi connectivity index (χ1n) is 6.83. The van der Waals surface area contributed by atoms with Crippen LogP contribution in [0.1, 0.15) is 35.4 Å². The molecule has 108 valence electrons. The second kappa shape index (κ2) is 7.34. The molecule has 1 aromatic heterocycles. The molecule has 1 atom stereocenters. The predicted octanol–water partition coefficient (Wildman–Crippen LogP) is 5.24. The fraction of sp³-hybridized carbons (Fsp3) is 0.375. The van der Waals surface area contributed by atoms with Crippen LogP contribution in [0.4, 0.5) is 4.39 Å². The molecule has 1 aromatic carbocycles. The van der Waals surface area contributed by atoms with Crippen LogP contribution in [-0.4, -0.2) is 6.54 Å². The molecule has 1 nitrogen and oxygen atoms in total. The topological polar surface area (TPSA) is 12.0 Å². The highest BCUT2D eigenvalue weighted by Gasteiger charge is 2.17. The largest absolute Gasteiger partial charge is 0.309 e. The summed E-state index contributed by atoms with van der Waals surface area (Å²) in [5.41, 5.74) is 2.03. The van der Waals surface area contributed by atoms with E-state index in [0.717, 1.165) is 23.0 Å². The van der Waals surface area contributed by atoms with Crippen LogP contribution in [0.2, 0.25) is 0 Å². The van der Waals surface area contributed by atoms with E-state index in [0.29, 0.717) is 6.42 Å². The SMILES string of the molecule is CCCNC(Cc1cc(Br)ccc1F)c1sccc1C. The highest BCUT2D eigenvalue weighted by atomic mass is 79.9. The van der Waals surface area contributed by atoms with E-state index in [2.05, 4.69) is 46.5 Å². The van der Waals surface area contributed by atoms with Crippen molar-refractivity contribution in [3.05, 3.63) is 55.9 Å². The summed E-state index contributed by atoms with van der Waals surface area (Å²) in [6, 6.07) is 7.44. The van der Waals surface area contributed by atoms with Crippen LogP contribution in [0.5, 0.6) is 0 Å². The third-order valence-electron chi connectivity index (χ3n) is 3.29. The van der Waals surface area contributed by atoms with Crippen LogP contribution >= 0.6 is 27.3 Å². The smallest absolute Gasteiger partial charge is 0.126 e. The van der Waals surface area contributed by atoms with E-state index in [1.165, 1.54) is 16.5 Å². The van der Waals surface area contributed by atoms with Crippen molar-refractivity contribution in [1.82, 2.24) is 5.32 Å². The fourth-order valence-electron chi connectivity index (χ4n) is 2.24. The van der Waals surface area contributed by atoms with E-state index in [1.807, 2.05) is 6.07 Å². The monoisotopic (exact) mass is 355 g/mol. The molecule has 0 fully saturated rings. The number of thiophene rings is 1. The summed E-state index contributed by atoms with van der Waals surface area (Å²) in [6.07, 6.45) is 1.74. The van der Waals surface area contributed by atoms with Gasteiger partial charge in [0.2, 0.25) is 0 Å². The molecule has 0 saturated carbocycles. The van der Waals surface area contributed by atoms with Gasteiger partial charge in [0, 0.05) is 15.4 Å². The third kappa shape index (κ3) is 3.90. The summed E-state index contributed by atoms with van der Waals surface area (Å²) in [5.74, 6) is -0.134. The normalized spacial score (nSPS) is 12.6. The Morgan fingerprint density at radius 3 is 2.80 bits per heavy atom. The lowest BCUT2D eigenvalue weighted by Crippen LogP contribution is -2.24. The Morgan fingerprint density at radius 2 is 2.15 bits per heavy atom. The lowest BCUT2D eigenvalue weighted by molar-refractivity contribution is 0.517. The van der Waals surface area contributed by atoms with Crippen LogP contribution < -0.4 is 5.32 Å².